The van der Waals surface area contributed by atoms with Crippen LogP contribution < -0.4 is 10.6 Å². The monoisotopic (exact) mass is 308 g/mol. The van der Waals surface area contributed by atoms with E-state index in [0.717, 1.165) is 37.4 Å². The minimum Gasteiger partial charge on any atom is -0.359 e. The molecular weight excluding hydrogens is 276 g/mol. The summed E-state index contributed by atoms with van der Waals surface area (Å²) < 4.78 is 0. The first-order chi connectivity index (χ1) is 10.5. The SMILES string of the molecule is CCNC(=NCC(C)(C)C(=O)NC)N1CC2CCCCC2C1. The Balaban J connectivity index is 2.03. The van der Waals surface area contributed by atoms with Crippen LogP contribution in [0.15, 0.2) is 4.99 Å². The van der Waals surface area contributed by atoms with Crippen LogP contribution in [-0.4, -0.2) is 50.0 Å². The Bertz CT molecular complexity index is 405. The molecule has 5 heteroatoms. The number of hydrogen-bond acceptors (Lipinski definition) is 2. The average molecular weight is 308 g/mol. The molecule has 1 heterocycles. The molecule has 2 fully saturated rings. The Morgan fingerprint density at radius 3 is 2.32 bits per heavy atom. The lowest BCUT2D eigenvalue weighted by molar-refractivity contribution is -0.128. The molecule has 0 aromatic carbocycles. The van der Waals surface area contributed by atoms with Crippen LogP contribution in [0.4, 0.5) is 0 Å². The lowest BCUT2D eigenvalue weighted by atomic mass is 9.82. The highest BCUT2D eigenvalue weighted by atomic mass is 16.2. The molecule has 2 rings (SSSR count). The van der Waals surface area contributed by atoms with Crippen LogP contribution in [-0.2, 0) is 4.79 Å². The van der Waals surface area contributed by atoms with E-state index in [4.69, 9.17) is 4.99 Å². The summed E-state index contributed by atoms with van der Waals surface area (Å²) in [6.07, 6.45) is 5.49. The Morgan fingerprint density at radius 1 is 1.23 bits per heavy atom. The van der Waals surface area contributed by atoms with Gasteiger partial charge >= 0.3 is 0 Å². The van der Waals surface area contributed by atoms with Crippen molar-refractivity contribution in [3.05, 3.63) is 0 Å². The van der Waals surface area contributed by atoms with Crippen molar-refractivity contribution in [1.82, 2.24) is 15.5 Å². The molecule has 0 spiro atoms. The topological polar surface area (TPSA) is 56.7 Å². The fourth-order valence-electron chi connectivity index (χ4n) is 3.69. The van der Waals surface area contributed by atoms with E-state index in [-0.39, 0.29) is 5.91 Å². The predicted octanol–water partition coefficient (Wildman–Crippen LogP) is 1.85. The molecular formula is C17H32N4O. The van der Waals surface area contributed by atoms with Gasteiger partial charge in [0.1, 0.15) is 0 Å². The zero-order valence-electron chi connectivity index (χ0n) is 14.6. The maximum absolute atomic E-state index is 11.9. The molecule has 2 aliphatic rings. The number of aliphatic imine (C=N–C) groups is 1. The molecule has 1 saturated heterocycles. The van der Waals surface area contributed by atoms with Crippen molar-refractivity contribution in [2.45, 2.75) is 46.5 Å². The fraction of sp³-hybridized carbons (Fsp3) is 0.882. The second kappa shape index (κ2) is 7.34. The van der Waals surface area contributed by atoms with E-state index in [1.54, 1.807) is 7.05 Å². The average Bonchev–Trinajstić information content (AvgIpc) is 2.94. The molecule has 0 aromatic rings. The van der Waals surface area contributed by atoms with E-state index in [1.807, 2.05) is 13.8 Å². The summed E-state index contributed by atoms with van der Waals surface area (Å²) in [7, 11) is 1.68. The molecule has 1 aliphatic heterocycles. The molecule has 2 atom stereocenters. The molecule has 126 valence electrons. The molecule has 5 nitrogen and oxygen atoms in total. The van der Waals surface area contributed by atoms with Crippen molar-refractivity contribution in [3.8, 4) is 0 Å². The zero-order chi connectivity index (χ0) is 16.2. The summed E-state index contributed by atoms with van der Waals surface area (Å²) in [5, 5.41) is 6.14. The van der Waals surface area contributed by atoms with Crippen LogP contribution in [0.3, 0.4) is 0 Å². The van der Waals surface area contributed by atoms with Crippen LogP contribution in [0.2, 0.25) is 0 Å². The van der Waals surface area contributed by atoms with Crippen molar-refractivity contribution in [3.63, 3.8) is 0 Å². The molecule has 0 bridgehead atoms. The fourth-order valence-corrected chi connectivity index (χ4v) is 3.69. The van der Waals surface area contributed by atoms with Gasteiger partial charge in [0.05, 0.1) is 12.0 Å². The van der Waals surface area contributed by atoms with Crippen molar-refractivity contribution in [2.24, 2.45) is 22.2 Å². The van der Waals surface area contributed by atoms with Gasteiger partial charge in [-0.2, -0.15) is 0 Å². The number of amides is 1. The first-order valence-electron chi connectivity index (χ1n) is 8.73. The van der Waals surface area contributed by atoms with Gasteiger partial charge in [0.2, 0.25) is 5.91 Å². The highest BCUT2D eigenvalue weighted by Crippen LogP contribution is 2.36. The third-order valence-electron chi connectivity index (χ3n) is 5.08. The lowest BCUT2D eigenvalue weighted by Crippen LogP contribution is -2.42. The van der Waals surface area contributed by atoms with Gasteiger partial charge in [-0.25, -0.2) is 0 Å². The maximum Gasteiger partial charge on any atom is 0.227 e. The summed E-state index contributed by atoms with van der Waals surface area (Å²) in [5.41, 5.74) is -0.470. The number of carbonyl (C=O) groups is 1. The van der Waals surface area contributed by atoms with Gasteiger partial charge in [0, 0.05) is 26.7 Å². The number of nitrogens with zero attached hydrogens (tertiary/aromatic N) is 2. The van der Waals surface area contributed by atoms with Crippen molar-refractivity contribution in [1.29, 1.82) is 0 Å². The summed E-state index contributed by atoms with van der Waals surface area (Å²) >= 11 is 0. The normalized spacial score (nSPS) is 25.8. The highest BCUT2D eigenvalue weighted by Gasteiger charge is 2.36. The number of fused-ring (bicyclic) bond motifs is 1. The molecule has 22 heavy (non-hydrogen) atoms. The number of nitrogens with one attached hydrogen (secondary N) is 2. The highest BCUT2D eigenvalue weighted by molar-refractivity contribution is 5.83. The van der Waals surface area contributed by atoms with Crippen LogP contribution >= 0.6 is 0 Å². The number of carbonyl (C=O) groups excluding carboxylic acids is 1. The van der Waals surface area contributed by atoms with Crippen molar-refractivity contribution in [2.75, 3.05) is 33.2 Å². The molecule has 0 radical (unpaired) electrons. The maximum atomic E-state index is 11.9. The quantitative estimate of drug-likeness (QED) is 0.615. The number of hydrogen-bond donors (Lipinski definition) is 2. The van der Waals surface area contributed by atoms with Crippen LogP contribution in [0, 0.1) is 17.3 Å². The number of rotatable bonds is 4. The van der Waals surface area contributed by atoms with E-state index < -0.39 is 5.41 Å². The Hall–Kier alpha value is -1.26. The largest absolute Gasteiger partial charge is 0.359 e. The van der Waals surface area contributed by atoms with Crippen LogP contribution in [0.1, 0.15) is 46.5 Å². The second-order valence-electron chi connectivity index (χ2n) is 7.34. The Kier molecular flexibility index (Phi) is 5.70. The van der Waals surface area contributed by atoms with Gasteiger partial charge in [-0.1, -0.05) is 12.8 Å². The van der Waals surface area contributed by atoms with E-state index in [2.05, 4.69) is 22.5 Å². The first kappa shape index (κ1) is 17.1. The van der Waals surface area contributed by atoms with E-state index in [1.165, 1.54) is 25.7 Å². The summed E-state index contributed by atoms with van der Waals surface area (Å²) in [6.45, 7) is 9.62. The molecule has 1 aliphatic carbocycles. The summed E-state index contributed by atoms with van der Waals surface area (Å²) in [5.74, 6) is 2.70. The Labute approximate surface area is 134 Å². The number of likely N-dealkylation sites (tertiary alicyclic amines) is 1. The van der Waals surface area contributed by atoms with E-state index in [0.29, 0.717) is 6.54 Å². The molecule has 2 N–H and O–H groups in total. The molecule has 1 saturated carbocycles. The predicted molar refractivity (Wildman–Crippen MR) is 90.8 cm³/mol. The van der Waals surface area contributed by atoms with Crippen LogP contribution in [0.25, 0.3) is 0 Å². The van der Waals surface area contributed by atoms with E-state index >= 15 is 0 Å². The van der Waals surface area contributed by atoms with Gasteiger partial charge in [-0.15, -0.1) is 0 Å². The summed E-state index contributed by atoms with van der Waals surface area (Å²) in [6, 6.07) is 0. The minimum atomic E-state index is -0.470. The first-order valence-corrected chi connectivity index (χ1v) is 8.73. The smallest absolute Gasteiger partial charge is 0.227 e. The minimum absolute atomic E-state index is 0.0437. The standard InChI is InChI=1S/C17H32N4O/c1-5-19-16(20-12-17(2,3)15(22)18-4)21-10-13-8-6-7-9-14(13)11-21/h13-14H,5-12H2,1-4H3,(H,18,22)(H,19,20). The third-order valence-corrected chi connectivity index (χ3v) is 5.08. The van der Waals surface area contributed by atoms with Gasteiger partial charge in [-0.05, 0) is 45.4 Å². The van der Waals surface area contributed by atoms with Gasteiger partial charge in [0.25, 0.3) is 0 Å². The Morgan fingerprint density at radius 2 is 1.82 bits per heavy atom. The second-order valence-corrected chi connectivity index (χ2v) is 7.34. The van der Waals surface area contributed by atoms with E-state index in [9.17, 15) is 4.79 Å². The zero-order valence-corrected chi connectivity index (χ0v) is 14.6. The molecule has 2 unspecified atom stereocenters. The summed E-state index contributed by atoms with van der Waals surface area (Å²) in [4.78, 5) is 19.1. The third kappa shape index (κ3) is 3.93. The molecule has 0 aromatic heterocycles. The number of guanidine groups is 1. The van der Waals surface area contributed by atoms with Gasteiger partial charge < -0.3 is 15.5 Å². The van der Waals surface area contributed by atoms with Crippen molar-refractivity contribution < 1.29 is 4.79 Å². The van der Waals surface area contributed by atoms with Crippen molar-refractivity contribution >= 4 is 11.9 Å². The molecule has 1 amide bonds. The van der Waals surface area contributed by atoms with Crippen LogP contribution in [0.5, 0.6) is 0 Å². The lowest BCUT2D eigenvalue weighted by Gasteiger charge is -2.25. The van der Waals surface area contributed by atoms with Gasteiger partial charge in [0.15, 0.2) is 5.96 Å². The van der Waals surface area contributed by atoms with Gasteiger partial charge in [-0.3, -0.25) is 9.79 Å².